The van der Waals surface area contributed by atoms with E-state index in [9.17, 15) is 14.7 Å². The Morgan fingerprint density at radius 2 is 2.00 bits per heavy atom. The number of aromatic nitrogens is 2. The molecule has 1 aromatic carbocycles. The lowest BCUT2D eigenvalue weighted by Crippen LogP contribution is -2.31. The van der Waals surface area contributed by atoms with Gasteiger partial charge in [-0.2, -0.15) is 0 Å². The molecule has 0 fully saturated rings. The Morgan fingerprint density at radius 1 is 1.32 bits per heavy atom. The first kappa shape index (κ1) is 13.7. The Labute approximate surface area is 118 Å². The Hall–Kier alpha value is -1.72. The highest BCUT2D eigenvalue weighted by atomic mass is 35.5. The van der Waals surface area contributed by atoms with Gasteiger partial charge in [-0.25, -0.2) is 9.36 Å². The molecule has 0 saturated carbocycles. The van der Waals surface area contributed by atoms with Gasteiger partial charge in [0.25, 0.3) is 5.56 Å². The van der Waals surface area contributed by atoms with Crippen molar-refractivity contribution in [3.63, 3.8) is 0 Å². The van der Waals surface area contributed by atoms with Crippen molar-refractivity contribution < 1.29 is 5.11 Å². The van der Waals surface area contributed by atoms with Crippen molar-refractivity contribution in [2.24, 2.45) is 0 Å². The summed E-state index contributed by atoms with van der Waals surface area (Å²) in [6.07, 6.45) is 0.277. The first-order valence-corrected chi connectivity index (χ1v) is 6.24. The Balaban J connectivity index is 2.86. The zero-order valence-corrected chi connectivity index (χ0v) is 11.4. The van der Waals surface area contributed by atoms with Gasteiger partial charge >= 0.3 is 5.69 Å². The molecule has 2 rings (SSSR count). The summed E-state index contributed by atoms with van der Waals surface area (Å²) < 4.78 is 0.925. The van der Waals surface area contributed by atoms with E-state index in [0.29, 0.717) is 5.02 Å². The highest BCUT2D eigenvalue weighted by Crippen LogP contribution is 2.26. The maximum Gasteiger partial charge on any atom is 0.335 e. The molecule has 7 heteroatoms. The van der Waals surface area contributed by atoms with Gasteiger partial charge in [-0.3, -0.25) is 9.78 Å². The number of benzene rings is 1. The van der Waals surface area contributed by atoms with Crippen LogP contribution in [0.1, 0.15) is 12.5 Å². The minimum absolute atomic E-state index is 0.107. The van der Waals surface area contributed by atoms with Gasteiger partial charge in [-0.05, 0) is 24.6 Å². The molecule has 0 spiro atoms. The number of hydrogen-bond acceptors (Lipinski definition) is 3. The lowest BCUT2D eigenvalue weighted by atomic mass is 10.2. The van der Waals surface area contributed by atoms with Crippen LogP contribution in [0.15, 0.2) is 27.8 Å². The van der Waals surface area contributed by atoms with Crippen molar-refractivity contribution in [2.45, 2.75) is 13.3 Å². The molecule has 0 aliphatic carbocycles. The number of nitrogens with one attached hydrogen (secondary N) is 1. The van der Waals surface area contributed by atoms with E-state index < -0.39 is 17.1 Å². The number of halogens is 2. The minimum Gasteiger partial charge on any atom is -0.494 e. The van der Waals surface area contributed by atoms with Crippen LogP contribution in [-0.2, 0) is 6.42 Å². The number of hydrogen-bond donors (Lipinski definition) is 2. The second-order valence-electron chi connectivity index (χ2n) is 3.85. The fourth-order valence-electron chi connectivity index (χ4n) is 1.76. The van der Waals surface area contributed by atoms with E-state index in [1.54, 1.807) is 13.0 Å². The van der Waals surface area contributed by atoms with E-state index in [2.05, 4.69) is 4.98 Å². The number of H-pyrrole nitrogens is 1. The molecule has 0 aliphatic rings. The molecule has 0 bridgehead atoms. The van der Waals surface area contributed by atoms with Crippen molar-refractivity contribution >= 4 is 23.2 Å². The SMILES string of the molecule is CCc1c(O)n(-c2cc(Cl)ccc2Cl)c(=O)[nH]c1=O. The first-order valence-electron chi connectivity index (χ1n) is 5.48. The highest BCUT2D eigenvalue weighted by Gasteiger charge is 2.16. The van der Waals surface area contributed by atoms with Crippen molar-refractivity contribution in [3.8, 4) is 11.6 Å². The second-order valence-corrected chi connectivity index (χ2v) is 4.69. The van der Waals surface area contributed by atoms with Gasteiger partial charge in [0.2, 0.25) is 5.88 Å². The van der Waals surface area contributed by atoms with E-state index in [1.807, 2.05) is 0 Å². The van der Waals surface area contributed by atoms with E-state index in [4.69, 9.17) is 23.2 Å². The van der Waals surface area contributed by atoms with Crippen LogP contribution in [-0.4, -0.2) is 14.7 Å². The topological polar surface area (TPSA) is 75.1 Å². The van der Waals surface area contributed by atoms with E-state index >= 15 is 0 Å². The Morgan fingerprint density at radius 3 is 2.63 bits per heavy atom. The molecule has 0 saturated heterocycles. The molecule has 0 radical (unpaired) electrons. The summed E-state index contributed by atoms with van der Waals surface area (Å²) in [7, 11) is 0. The quantitative estimate of drug-likeness (QED) is 0.892. The number of aromatic hydroxyl groups is 1. The molecule has 0 amide bonds. The summed E-state index contributed by atoms with van der Waals surface area (Å²) in [4.78, 5) is 25.5. The molecule has 1 heterocycles. The van der Waals surface area contributed by atoms with Gasteiger partial charge in [-0.1, -0.05) is 30.1 Å². The number of aromatic amines is 1. The van der Waals surface area contributed by atoms with Crippen LogP contribution in [0.25, 0.3) is 5.69 Å². The van der Waals surface area contributed by atoms with Gasteiger partial charge in [0.05, 0.1) is 16.3 Å². The summed E-state index contributed by atoms with van der Waals surface area (Å²) in [6, 6.07) is 4.49. The van der Waals surface area contributed by atoms with Gasteiger partial charge in [0.15, 0.2) is 0 Å². The lowest BCUT2D eigenvalue weighted by molar-refractivity contribution is 0.423. The summed E-state index contributed by atoms with van der Waals surface area (Å²) >= 11 is 11.8. The maximum atomic E-state index is 11.8. The van der Waals surface area contributed by atoms with Crippen LogP contribution in [0.5, 0.6) is 5.88 Å². The van der Waals surface area contributed by atoms with Gasteiger partial charge in [0.1, 0.15) is 0 Å². The molecule has 0 atom stereocenters. The molecule has 1 aromatic heterocycles. The fraction of sp³-hybridized carbons (Fsp3) is 0.167. The molecule has 100 valence electrons. The molecule has 2 aromatic rings. The van der Waals surface area contributed by atoms with Crippen LogP contribution in [0.3, 0.4) is 0 Å². The van der Waals surface area contributed by atoms with Crippen molar-refractivity contribution in [1.82, 2.24) is 9.55 Å². The maximum absolute atomic E-state index is 11.8. The van der Waals surface area contributed by atoms with Crippen molar-refractivity contribution in [1.29, 1.82) is 0 Å². The number of nitrogens with zero attached hydrogens (tertiary/aromatic N) is 1. The van der Waals surface area contributed by atoms with E-state index in [-0.39, 0.29) is 22.7 Å². The van der Waals surface area contributed by atoms with Crippen LogP contribution >= 0.6 is 23.2 Å². The predicted molar refractivity (Wildman–Crippen MR) is 73.7 cm³/mol. The molecular weight excluding hydrogens is 291 g/mol. The van der Waals surface area contributed by atoms with Crippen LogP contribution in [0, 0.1) is 0 Å². The normalized spacial score (nSPS) is 10.7. The standard InChI is InChI=1S/C12H10Cl2N2O3/c1-2-7-10(17)15-12(19)16(11(7)18)9-5-6(13)3-4-8(9)14/h3-5,18H,2H2,1H3,(H,15,17,19). The smallest absolute Gasteiger partial charge is 0.335 e. The zero-order valence-electron chi connectivity index (χ0n) is 9.91. The summed E-state index contributed by atoms with van der Waals surface area (Å²) in [5.74, 6) is -0.430. The summed E-state index contributed by atoms with van der Waals surface area (Å²) in [5.41, 5.74) is -1.07. The zero-order chi connectivity index (χ0) is 14.2. The molecule has 0 unspecified atom stereocenters. The predicted octanol–water partition coefficient (Wildman–Crippen LogP) is 2.10. The summed E-state index contributed by atoms with van der Waals surface area (Å²) in [5, 5.41) is 10.6. The van der Waals surface area contributed by atoms with Gasteiger partial charge in [-0.15, -0.1) is 0 Å². The third-order valence-electron chi connectivity index (χ3n) is 2.68. The fourth-order valence-corrected chi connectivity index (χ4v) is 2.13. The third kappa shape index (κ3) is 2.39. The average Bonchev–Trinajstić information content (AvgIpc) is 2.33. The lowest BCUT2D eigenvalue weighted by Gasteiger charge is -2.12. The number of rotatable bonds is 2. The molecule has 5 nitrogen and oxygen atoms in total. The van der Waals surface area contributed by atoms with Gasteiger partial charge in [0, 0.05) is 5.02 Å². The first-order chi connectivity index (χ1) is 8.95. The minimum atomic E-state index is -0.774. The van der Waals surface area contributed by atoms with Crippen LogP contribution in [0.4, 0.5) is 0 Å². The van der Waals surface area contributed by atoms with Gasteiger partial charge < -0.3 is 5.11 Å². The molecule has 2 N–H and O–H groups in total. The largest absolute Gasteiger partial charge is 0.494 e. The average molecular weight is 301 g/mol. The second kappa shape index (κ2) is 5.11. The van der Waals surface area contributed by atoms with Crippen LogP contribution in [0.2, 0.25) is 10.0 Å². The Bertz CT molecular complexity index is 750. The van der Waals surface area contributed by atoms with Crippen molar-refractivity contribution in [2.75, 3.05) is 0 Å². The summed E-state index contributed by atoms with van der Waals surface area (Å²) in [6.45, 7) is 1.69. The van der Waals surface area contributed by atoms with Crippen LogP contribution < -0.4 is 11.2 Å². The van der Waals surface area contributed by atoms with E-state index in [1.165, 1.54) is 12.1 Å². The molecular formula is C12H10Cl2N2O3. The molecule has 19 heavy (non-hydrogen) atoms. The third-order valence-corrected chi connectivity index (χ3v) is 3.24. The highest BCUT2D eigenvalue weighted by molar-refractivity contribution is 6.34. The van der Waals surface area contributed by atoms with E-state index in [0.717, 1.165) is 4.57 Å². The Kier molecular flexibility index (Phi) is 3.68. The van der Waals surface area contributed by atoms with Crippen molar-refractivity contribution in [3.05, 3.63) is 54.6 Å². The monoisotopic (exact) mass is 300 g/mol. The molecule has 0 aliphatic heterocycles.